The summed E-state index contributed by atoms with van der Waals surface area (Å²) in [4.78, 5) is 13.0. The number of carbonyl (C=O) groups excluding carboxylic acids is 1. The number of piperazine rings is 1. The van der Waals surface area contributed by atoms with Gasteiger partial charge in [0, 0.05) is 18.2 Å². The summed E-state index contributed by atoms with van der Waals surface area (Å²) in [5.41, 5.74) is -0.309. The number of carbonyl (C=O) groups is 1. The molecule has 5 heteroatoms. The monoisotopic (exact) mass is 240 g/mol. The van der Waals surface area contributed by atoms with Crippen LogP contribution in [0.4, 0.5) is 14.5 Å². The molecular formula is C12H14F2N2O. The third-order valence-corrected chi connectivity index (χ3v) is 2.77. The minimum Gasteiger partial charge on any atom is -0.307 e. The van der Waals surface area contributed by atoms with Gasteiger partial charge in [0.15, 0.2) is 0 Å². The Hall–Kier alpha value is -1.49. The minimum atomic E-state index is -0.586. The van der Waals surface area contributed by atoms with Crippen LogP contribution in [0.25, 0.3) is 0 Å². The minimum absolute atomic E-state index is 0.00424. The lowest BCUT2D eigenvalue weighted by Gasteiger charge is -2.38. The zero-order valence-corrected chi connectivity index (χ0v) is 9.76. The first-order chi connectivity index (χ1) is 7.89. The van der Waals surface area contributed by atoms with Crippen molar-refractivity contribution in [2.75, 3.05) is 18.0 Å². The summed E-state index contributed by atoms with van der Waals surface area (Å²) in [5, 5.41) is 3.03. The molecule has 1 aliphatic rings. The quantitative estimate of drug-likeness (QED) is 0.810. The standard InChI is InChI=1S/C12H14F2N2O/c1-12(2)7-16(11(17)6-15-12)10-5-8(13)3-4-9(10)14/h3-5,15H,6-7H2,1-2H3. The smallest absolute Gasteiger partial charge is 0.241 e. The Morgan fingerprint density at radius 3 is 2.76 bits per heavy atom. The highest BCUT2D eigenvalue weighted by Gasteiger charge is 2.32. The Labute approximate surface area is 98.4 Å². The van der Waals surface area contributed by atoms with E-state index in [9.17, 15) is 13.6 Å². The lowest BCUT2D eigenvalue weighted by Crippen LogP contribution is -2.60. The van der Waals surface area contributed by atoms with Crippen LogP contribution in [-0.4, -0.2) is 24.5 Å². The van der Waals surface area contributed by atoms with Crippen molar-refractivity contribution in [1.29, 1.82) is 0 Å². The van der Waals surface area contributed by atoms with Gasteiger partial charge in [0.2, 0.25) is 5.91 Å². The molecule has 2 rings (SSSR count). The molecule has 1 N–H and O–H groups in total. The molecule has 17 heavy (non-hydrogen) atoms. The fourth-order valence-corrected chi connectivity index (χ4v) is 1.86. The Balaban J connectivity index is 2.37. The van der Waals surface area contributed by atoms with Crippen LogP contribution in [0.3, 0.4) is 0 Å². The number of nitrogens with zero attached hydrogens (tertiary/aromatic N) is 1. The van der Waals surface area contributed by atoms with E-state index in [1.165, 1.54) is 4.90 Å². The van der Waals surface area contributed by atoms with Crippen LogP contribution in [0, 0.1) is 11.6 Å². The van der Waals surface area contributed by atoms with Gasteiger partial charge in [-0.2, -0.15) is 0 Å². The lowest BCUT2D eigenvalue weighted by molar-refractivity contribution is -0.119. The highest BCUT2D eigenvalue weighted by Crippen LogP contribution is 2.24. The summed E-state index contributed by atoms with van der Waals surface area (Å²) in [6.07, 6.45) is 0. The fourth-order valence-electron chi connectivity index (χ4n) is 1.86. The van der Waals surface area contributed by atoms with Gasteiger partial charge in [-0.05, 0) is 26.0 Å². The van der Waals surface area contributed by atoms with Gasteiger partial charge in [-0.3, -0.25) is 4.79 Å². The molecule has 0 radical (unpaired) electrons. The SMILES string of the molecule is CC1(C)CN(c2cc(F)ccc2F)C(=O)CN1. The van der Waals surface area contributed by atoms with Gasteiger partial charge in [-0.1, -0.05) is 0 Å². The summed E-state index contributed by atoms with van der Waals surface area (Å²) >= 11 is 0. The van der Waals surface area contributed by atoms with Crippen LogP contribution in [0.1, 0.15) is 13.8 Å². The molecule has 0 aliphatic carbocycles. The molecule has 0 bridgehead atoms. The van der Waals surface area contributed by atoms with E-state index in [4.69, 9.17) is 0 Å². The normalized spacial score (nSPS) is 19.5. The van der Waals surface area contributed by atoms with E-state index in [0.29, 0.717) is 6.54 Å². The maximum Gasteiger partial charge on any atom is 0.241 e. The zero-order chi connectivity index (χ0) is 12.6. The first-order valence-corrected chi connectivity index (χ1v) is 5.39. The number of hydrogen-bond acceptors (Lipinski definition) is 2. The summed E-state index contributed by atoms with van der Waals surface area (Å²) in [5.74, 6) is -1.39. The van der Waals surface area contributed by atoms with Crippen molar-refractivity contribution in [2.24, 2.45) is 0 Å². The van der Waals surface area contributed by atoms with E-state index in [1.54, 1.807) is 0 Å². The van der Waals surface area contributed by atoms with Crippen LogP contribution >= 0.6 is 0 Å². The number of halogens is 2. The van der Waals surface area contributed by atoms with Crippen LogP contribution in [-0.2, 0) is 4.79 Å². The molecule has 0 saturated carbocycles. The summed E-state index contributed by atoms with van der Waals surface area (Å²) in [6, 6.07) is 3.12. The molecule has 1 saturated heterocycles. The van der Waals surface area contributed by atoms with Crippen molar-refractivity contribution in [3.8, 4) is 0 Å². The summed E-state index contributed by atoms with van der Waals surface area (Å²) < 4.78 is 26.7. The maximum atomic E-state index is 13.6. The second-order valence-electron chi connectivity index (χ2n) is 4.81. The van der Waals surface area contributed by atoms with Crippen LogP contribution in [0.15, 0.2) is 18.2 Å². The predicted molar refractivity (Wildman–Crippen MR) is 60.8 cm³/mol. The van der Waals surface area contributed by atoms with Gasteiger partial charge in [-0.25, -0.2) is 8.78 Å². The van der Waals surface area contributed by atoms with Crippen molar-refractivity contribution in [3.63, 3.8) is 0 Å². The van der Waals surface area contributed by atoms with Crippen molar-refractivity contribution in [1.82, 2.24) is 5.32 Å². The number of rotatable bonds is 1. The molecule has 1 aromatic carbocycles. The van der Waals surface area contributed by atoms with E-state index in [1.807, 2.05) is 13.8 Å². The van der Waals surface area contributed by atoms with Crippen LogP contribution < -0.4 is 10.2 Å². The van der Waals surface area contributed by atoms with Gasteiger partial charge in [0.05, 0.1) is 12.2 Å². The number of anilines is 1. The molecule has 1 amide bonds. The summed E-state index contributed by atoms with van der Waals surface area (Å²) in [7, 11) is 0. The van der Waals surface area contributed by atoms with E-state index >= 15 is 0 Å². The maximum absolute atomic E-state index is 13.6. The summed E-state index contributed by atoms with van der Waals surface area (Å²) in [6.45, 7) is 4.25. The average Bonchev–Trinajstić information content (AvgIpc) is 2.25. The fraction of sp³-hybridized carbons (Fsp3) is 0.417. The number of hydrogen-bond donors (Lipinski definition) is 1. The van der Waals surface area contributed by atoms with Gasteiger partial charge in [0.1, 0.15) is 11.6 Å². The molecule has 1 aliphatic heterocycles. The molecule has 1 heterocycles. The van der Waals surface area contributed by atoms with Crippen LogP contribution in [0.2, 0.25) is 0 Å². The molecular weight excluding hydrogens is 226 g/mol. The van der Waals surface area contributed by atoms with E-state index in [-0.39, 0.29) is 23.7 Å². The molecule has 1 fully saturated rings. The Morgan fingerprint density at radius 2 is 2.06 bits per heavy atom. The molecule has 1 aromatic rings. The van der Waals surface area contributed by atoms with Crippen molar-refractivity contribution in [2.45, 2.75) is 19.4 Å². The Bertz CT molecular complexity index is 460. The van der Waals surface area contributed by atoms with Gasteiger partial charge < -0.3 is 10.2 Å². The molecule has 0 aromatic heterocycles. The third-order valence-electron chi connectivity index (χ3n) is 2.77. The first kappa shape index (κ1) is 12.0. The largest absolute Gasteiger partial charge is 0.307 e. The van der Waals surface area contributed by atoms with E-state index in [0.717, 1.165) is 18.2 Å². The topological polar surface area (TPSA) is 32.3 Å². The van der Waals surface area contributed by atoms with Crippen molar-refractivity contribution < 1.29 is 13.6 Å². The number of benzene rings is 1. The third kappa shape index (κ3) is 2.44. The van der Waals surface area contributed by atoms with Gasteiger partial charge in [-0.15, -0.1) is 0 Å². The second kappa shape index (κ2) is 4.07. The zero-order valence-electron chi connectivity index (χ0n) is 9.76. The molecule has 0 atom stereocenters. The Morgan fingerprint density at radius 1 is 1.35 bits per heavy atom. The van der Waals surface area contributed by atoms with Crippen molar-refractivity contribution >= 4 is 11.6 Å². The van der Waals surface area contributed by atoms with E-state index < -0.39 is 11.6 Å². The van der Waals surface area contributed by atoms with Crippen LogP contribution in [0.5, 0.6) is 0 Å². The van der Waals surface area contributed by atoms with E-state index in [2.05, 4.69) is 5.32 Å². The number of nitrogens with one attached hydrogen (secondary N) is 1. The lowest BCUT2D eigenvalue weighted by atomic mass is 10.0. The number of amides is 1. The Kier molecular flexibility index (Phi) is 2.87. The molecule has 3 nitrogen and oxygen atoms in total. The van der Waals surface area contributed by atoms with Crippen molar-refractivity contribution in [3.05, 3.63) is 29.8 Å². The van der Waals surface area contributed by atoms with Gasteiger partial charge >= 0.3 is 0 Å². The highest BCUT2D eigenvalue weighted by atomic mass is 19.1. The second-order valence-corrected chi connectivity index (χ2v) is 4.81. The first-order valence-electron chi connectivity index (χ1n) is 5.39. The average molecular weight is 240 g/mol. The molecule has 0 unspecified atom stereocenters. The molecule has 0 spiro atoms. The predicted octanol–water partition coefficient (Wildman–Crippen LogP) is 1.68. The van der Waals surface area contributed by atoms with Gasteiger partial charge in [0.25, 0.3) is 0 Å². The highest BCUT2D eigenvalue weighted by molar-refractivity contribution is 5.96. The molecule has 92 valence electrons.